The summed E-state index contributed by atoms with van der Waals surface area (Å²) < 4.78 is 0. The van der Waals surface area contributed by atoms with Gasteiger partial charge < -0.3 is 15.5 Å². The number of hydrogen-bond donors (Lipinski definition) is 2. The van der Waals surface area contributed by atoms with Crippen molar-refractivity contribution in [2.45, 2.75) is 46.2 Å². The number of aromatic nitrogens is 1. The lowest BCUT2D eigenvalue weighted by Crippen LogP contribution is -2.25. The molecule has 2 aromatic rings. The van der Waals surface area contributed by atoms with E-state index < -0.39 is 0 Å². The molecule has 29 heavy (non-hydrogen) atoms. The minimum Gasteiger partial charge on any atom is -0.352 e. The Labute approximate surface area is 174 Å². The summed E-state index contributed by atoms with van der Waals surface area (Å²) in [6, 6.07) is 7.92. The molecule has 0 unspecified atom stereocenters. The first kappa shape index (κ1) is 21.0. The molecule has 1 aromatic carbocycles. The summed E-state index contributed by atoms with van der Waals surface area (Å²) in [6.07, 6.45) is 1.72. The van der Waals surface area contributed by atoms with Crippen LogP contribution in [0.4, 0.5) is 5.13 Å². The van der Waals surface area contributed by atoms with Gasteiger partial charge in [-0.05, 0) is 17.5 Å². The second-order valence-corrected chi connectivity index (χ2v) is 8.34. The summed E-state index contributed by atoms with van der Waals surface area (Å²) in [5.41, 5.74) is 2.69. The smallest absolute Gasteiger partial charge is 0.228 e. The van der Waals surface area contributed by atoms with E-state index in [0.717, 1.165) is 24.1 Å². The normalized spacial score (nSPS) is 13.8. The van der Waals surface area contributed by atoms with Gasteiger partial charge in [-0.15, -0.1) is 11.3 Å². The molecule has 8 heteroatoms. The van der Waals surface area contributed by atoms with Crippen LogP contribution in [0.5, 0.6) is 0 Å². The molecule has 2 heterocycles. The van der Waals surface area contributed by atoms with Crippen molar-refractivity contribution in [3.05, 3.63) is 46.5 Å². The Hall–Kier alpha value is -2.74. The Bertz CT molecular complexity index is 894. The van der Waals surface area contributed by atoms with Crippen LogP contribution in [0.3, 0.4) is 0 Å². The van der Waals surface area contributed by atoms with E-state index in [1.165, 1.54) is 11.3 Å². The van der Waals surface area contributed by atoms with Gasteiger partial charge >= 0.3 is 0 Å². The Balaban J connectivity index is 1.48. The highest BCUT2D eigenvalue weighted by molar-refractivity contribution is 7.13. The number of carbonyl (C=O) groups excluding carboxylic acids is 3. The Morgan fingerprint density at radius 2 is 2.07 bits per heavy atom. The fourth-order valence-electron chi connectivity index (χ4n) is 3.05. The highest BCUT2D eigenvalue weighted by Gasteiger charge is 2.20. The highest BCUT2D eigenvalue weighted by Crippen LogP contribution is 2.17. The van der Waals surface area contributed by atoms with E-state index in [2.05, 4.69) is 15.6 Å². The van der Waals surface area contributed by atoms with Crippen LogP contribution in [-0.2, 0) is 33.9 Å². The largest absolute Gasteiger partial charge is 0.352 e. The fraction of sp³-hybridized carbons (Fsp3) is 0.429. The SMILES string of the molecule is CC(C)C(=O)Nc1nc(CC(=O)NCc2cccc(CN3CCCC3=O)c2)cs1. The van der Waals surface area contributed by atoms with Gasteiger partial charge in [0.1, 0.15) is 0 Å². The average Bonchev–Trinajstić information content (AvgIpc) is 3.29. The Morgan fingerprint density at radius 3 is 2.79 bits per heavy atom. The zero-order chi connectivity index (χ0) is 20.8. The van der Waals surface area contributed by atoms with Gasteiger partial charge in [-0.1, -0.05) is 38.1 Å². The van der Waals surface area contributed by atoms with Crippen molar-refractivity contribution in [3.8, 4) is 0 Å². The van der Waals surface area contributed by atoms with Gasteiger partial charge in [-0.25, -0.2) is 4.98 Å². The van der Waals surface area contributed by atoms with E-state index in [9.17, 15) is 14.4 Å². The number of anilines is 1. The molecular formula is C21H26N4O3S. The van der Waals surface area contributed by atoms with Gasteiger partial charge in [0.2, 0.25) is 17.7 Å². The van der Waals surface area contributed by atoms with Gasteiger partial charge in [0.05, 0.1) is 12.1 Å². The predicted octanol–water partition coefficient (Wildman–Crippen LogP) is 2.72. The first-order valence-corrected chi connectivity index (χ1v) is 10.7. The topological polar surface area (TPSA) is 91.4 Å². The van der Waals surface area contributed by atoms with Crippen LogP contribution < -0.4 is 10.6 Å². The molecule has 2 N–H and O–H groups in total. The van der Waals surface area contributed by atoms with E-state index in [0.29, 0.717) is 30.3 Å². The molecule has 1 fully saturated rings. The first-order valence-electron chi connectivity index (χ1n) is 9.78. The van der Waals surface area contributed by atoms with Crippen LogP contribution in [-0.4, -0.2) is 34.2 Å². The molecule has 0 atom stereocenters. The van der Waals surface area contributed by atoms with E-state index >= 15 is 0 Å². The monoisotopic (exact) mass is 414 g/mol. The molecule has 3 rings (SSSR count). The average molecular weight is 415 g/mol. The summed E-state index contributed by atoms with van der Waals surface area (Å²) in [6.45, 7) is 5.48. The summed E-state index contributed by atoms with van der Waals surface area (Å²) in [5.74, 6) is -0.135. The minimum atomic E-state index is -0.128. The van der Waals surface area contributed by atoms with Gasteiger partial charge in [0.15, 0.2) is 5.13 Å². The van der Waals surface area contributed by atoms with Crippen molar-refractivity contribution < 1.29 is 14.4 Å². The Kier molecular flexibility index (Phi) is 6.98. The summed E-state index contributed by atoms with van der Waals surface area (Å²) in [7, 11) is 0. The molecule has 7 nitrogen and oxygen atoms in total. The lowest BCUT2D eigenvalue weighted by Gasteiger charge is -2.16. The van der Waals surface area contributed by atoms with Crippen LogP contribution in [0.1, 0.15) is 43.5 Å². The maximum absolute atomic E-state index is 12.2. The lowest BCUT2D eigenvalue weighted by molar-refractivity contribution is -0.128. The minimum absolute atomic E-state index is 0.0918. The Morgan fingerprint density at radius 1 is 1.28 bits per heavy atom. The molecule has 154 valence electrons. The highest BCUT2D eigenvalue weighted by atomic mass is 32.1. The number of nitrogens with one attached hydrogen (secondary N) is 2. The summed E-state index contributed by atoms with van der Waals surface area (Å²) >= 11 is 1.31. The predicted molar refractivity (Wildman–Crippen MR) is 112 cm³/mol. The number of hydrogen-bond acceptors (Lipinski definition) is 5. The molecule has 0 aliphatic carbocycles. The van der Waals surface area contributed by atoms with E-state index in [-0.39, 0.29) is 30.1 Å². The zero-order valence-corrected chi connectivity index (χ0v) is 17.6. The van der Waals surface area contributed by atoms with Crippen LogP contribution in [0.15, 0.2) is 29.6 Å². The van der Waals surface area contributed by atoms with Gasteiger partial charge in [-0.3, -0.25) is 14.4 Å². The van der Waals surface area contributed by atoms with Crippen LogP contribution >= 0.6 is 11.3 Å². The van der Waals surface area contributed by atoms with Crippen molar-refractivity contribution in [3.63, 3.8) is 0 Å². The second-order valence-electron chi connectivity index (χ2n) is 7.48. The van der Waals surface area contributed by atoms with Crippen molar-refractivity contribution in [2.75, 3.05) is 11.9 Å². The molecule has 0 bridgehead atoms. The summed E-state index contributed by atoms with van der Waals surface area (Å²) in [5, 5.41) is 7.93. The molecule has 1 aromatic heterocycles. The maximum atomic E-state index is 12.2. The molecular weight excluding hydrogens is 388 g/mol. The third-order valence-electron chi connectivity index (χ3n) is 4.67. The maximum Gasteiger partial charge on any atom is 0.228 e. The van der Waals surface area contributed by atoms with Crippen LogP contribution in [0.2, 0.25) is 0 Å². The lowest BCUT2D eigenvalue weighted by atomic mass is 10.1. The van der Waals surface area contributed by atoms with Gasteiger partial charge in [0, 0.05) is 37.4 Å². The van der Waals surface area contributed by atoms with Crippen molar-refractivity contribution in [2.24, 2.45) is 5.92 Å². The molecule has 3 amide bonds. The number of nitrogens with zero attached hydrogens (tertiary/aromatic N) is 2. The number of thiazole rings is 1. The molecule has 1 saturated heterocycles. The molecule has 1 aliphatic rings. The standard InChI is InChI=1S/C21H26N4O3S/c1-14(2)20(28)24-21-23-17(13-29-21)10-18(26)22-11-15-5-3-6-16(9-15)12-25-8-4-7-19(25)27/h3,5-6,9,13-14H,4,7-8,10-12H2,1-2H3,(H,22,26)(H,23,24,28). The van der Waals surface area contributed by atoms with E-state index in [1.807, 2.05) is 43.0 Å². The fourth-order valence-corrected chi connectivity index (χ4v) is 3.77. The van der Waals surface area contributed by atoms with Gasteiger partial charge in [0.25, 0.3) is 0 Å². The van der Waals surface area contributed by atoms with Crippen molar-refractivity contribution in [1.82, 2.24) is 15.2 Å². The van der Waals surface area contributed by atoms with Crippen LogP contribution in [0, 0.1) is 5.92 Å². The van der Waals surface area contributed by atoms with Crippen molar-refractivity contribution in [1.29, 1.82) is 0 Å². The third-order valence-corrected chi connectivity index (χ3v) is 5.48. The zero-order valence-electron chi connectivity index (χ0n) is 16.7. The molecule has 0 spiro atoms. The number of rotatable bonds is 8. The van der Waals surface area contributed by atoms with Crippen LogP contribution in [0.25, 0.3) is 0 Å². The van der Waals surface area contributed by atoms with E-state index in [1.54, 1.807) is 5.38 Å². The molecule has 1 aliphatic heterocycles. The number of likely N-dealkylation sites (tertiary alicyclic amines) is 1. The second kappa shape index (κ2) is 9.65. The van der Waals surface area contributed by atoms with Crippen molar-refractivity contribution >= 4 is 34.2 Å². The number of amides is 3. The number of benzene rings is 1. The van der Waals surface area contributed by atoms with Gasteiger partial charge in [-0.2, -0.15) is 0 Å². The third kappa shape index (κ3) is 6.12. The summed E-state index contributed by atoms with van der Waals surface area (Å²) in [4.78, 5) is 41.9. The number of carbonyl (C=O) groups is 3. The quantitative estimate of drug-likeness (QED) is 0.695. The molecule has 0 saturated carbocycles. The first-order chi connectivity index (χ1) is 13.9. The van der Waals surface area contributed by atoms with E-state index in [4.69, 9.17) is 0 Å². The molecule has 0 radical (unpaired) electrons.